The zero-order chi connectivity index (χ0) is 31.5. The standard InChI is InChI=1S/C32H51N5O6/c1-4-43-32(42)27(18-17-25-12-6-5-7-13-25)36-26(30(39)37-23-11-15-28(37)31(40)41)14-8-9-21-34-24(2)19-22-35-29(38)16-10-20-33-3/h5-7,12-13,26-28,33-34,36H,2,4,8-11,14-23H2,1,3H3,(H,35,38)(H,40,41)/t26-,27?,28?/m0/s1. The molecule has 0 saturated carbocycles. The molecule has 0 aromatic heterocycles. The molecule has 0 aliphatic carbocycles. The number of carbonyl (C=O) groups excluding carboxylic acids is 3. The summed E-state index contributed by atoms with van der Waals surface area (Å²) in [5.41, 5.74) is 1.90. The number of hydrogen-bond donors (Lipinski definition) is 5. The van der Waals surface area contributed by atoms with E-state index in [9.17, 15) is 24.3 Å². The SMILES string of the molecule is C=C(CCNC(=O)CCCNC)NCCCC[C@H](NC(CCc1ccccc1)C(=O)OCC)C(=O)N1CCCC1C(=O)O. The summed E-state index contributed by atoms with van der Waals surface area (Å²) in [6.45, 7) is 8.36. The van der Waals surface area contributed by atoms with Gasteiger partial charge in [-0.3, -0.25) is 19.7 Å². The van der Waals surface area contributed by atoms with Crippen molar-refractivity contribution in [2.75, 3.05) is 39.8 Å². The fourth-order valence-electron chi connectivity index (χ4n) is 5.17. The summed E-state index contributed by atoms with van der Waals surface area (Å²) in [6.07, 6.45) is 5.89. The van der Waals surface area contributed by atoms with Crippen LogP contribution in [0.15, 0.2) is 42.6 Å². The Labute approximate surface area is 256 Å². The molecule has 240 valence electrons. The summed E-state index contributed by atoms with van der Waals surface area (Å²) < 4.78 is 5.33. The van der Waals surface area contributed by atoms with Gasteiger partial charge >= 0.3 is 11.9 Å². The Kier molecular flexibility index (Phi) is 17.0. The van der Waals surface area contributed by atoms with E-state index in [-0.39, 0.29) is 18.4 Å². The van der Waals surface area contributed by atoms with Crippen molar-refractivity contribution in [2.24, 2.45) is 0 Å². The van der Waals surface area contributed by atoms with Crippen LogP contribution < -0.4 is 21.3 Å². The van der Waals surface area contributed by atoms with Gasteiger partial charge in [-0.15, -0.1) is 0 Å². The number of ether oxygens (including phenoxy) is 1. The molecule has 5 N–H and O–H groups in total. The van der Waals surface area contributed by atoms with Crippen LogP contribution in [0.5, 0.6) is 0 Å². The van der Waals surface area contributed by atoms with Crippen LogP contribution in [0.4, 0.5) is 0 Å². The van der Waals surface area contributed by atoms with Crippen LogP contribution >= 0.6 is 0 Å². The van der Waals surface area contributed by atoms with Crippen molar-refractivity contribution < 1.29 is 29.0 Å². The van der Waals surface area contributed by atoms with Crippen molar-refractivity contribution in [1.82, 2.24) is 26.2 Å². The van der Waals surface area contributed by atoms with Crippen LogP contribution in [-0.4, -0.2) is 91.7 Å². The minimum absolute atomic E-state index is 0.0271. The molecule has 2 amide bonds. The van der Waals surface area contributed by atoms with E-state index in [0.717, 1.165) is 30.6 Å². The largest absolute Gasteiger partial charge is 0.480 e. The second-order valence-electron chi connectivity index (χ2n) is 10.9. The van der Waals surface area contributed by atoms with Crippen molar-refractivity contribution in [3.8, 4) is 0 Å². The molecule has 1 fully saturated rings. The number of aryl methyl sites for hydroxylation is 1. The summed E-state index contributed by atoms with van der Waals surface area (Å²) in [5, 5.41) is 22.1. The third kappa shape index (κ3) is 13.6. The number of unbranched alkanes of at least 4 members (excludes halogenated alkanes) is 1. The first kappa shape index (κ1) is 35.8. The number of aliphatic carboxylic acids is 1. The number of benzene rings is 1. The van der Waals surface area contributed by atoms with Crippen LogP contribution in [0.1, 0.15) is 70.3 Å². The van der Waals surface area contributed by atoms with Crippen molar-refractivity contribution in [3.63, 3.8) is 0 Å². The Balaban J connectivity index is 1.94. The smallest absolute Gasteiger partial charge is 0.326 e. The van der Waals surface area contributed by atoms with E-state index in [4.69, 9.17) is 4.74 Å². The molecule has 0 bridgehead atoms. The Morgan fingerprint density at radius 1 is 1.00 bits per heavy atom. The van der Waals surface area contributed by atoms with Gasteiger partial charge in [0.05, 0.1) is 12.6 Å². The molecule has 1 aliphatic rings. The van der Waals surface area contributed by atoms with Crippen molar-refractivity contribution >= 4 is 23.8 Å². The Morgan fingerprint density at radius 2 is 1.77 bits per heavy atom. The highest BCUT2D eigenvalue weighted by Gasteiger charge is 2.38. The summed E-state index contributed by atoms with van der Waals surface area (Å²) in [4.78, 5) is 51.7. The van der Waals surface area contributed by atoms with E-state index < -0.39 is 30.1 Å². The van der Waals surface area contributed by atoms with E-state index in [1.807, 2.05) is 37.4 Å². The topological polar surface area (TPSA) is 149 Å². The van der Waals surface area contributed by atoms with Gasteiger partial charge in [-0.05, 0) is 77.4 Å². The predicted molar refractivity (Wildman–Crippen MR) is 166 cm³/mol. The summed E-state index contributed by atoms with van der Waals surface area (Å²) in [6, 6.07) is 7.54. The number of esters is 1. The normalized spacial score (nSPS) is 15.9. The molecule has 2 rings (SSSR count). The summed E-state index contributed by atoms with van der Waals surface area (Å²) in [7, 11) is 1.86. The molecule has 43 heavy (non-hydrogen) atoms. The van der Waals surface area contributed by atoms with Gasteiger partial charge < -0.3 is 30.7 Å². The lowest BCUT2D eigenvalue weighted by atomic mass is 10.0. The maximum absolute atomic E-state index is 13.7. The molecule has 1 heterocycles. The number of carboxylic acids is 1. The van der Waals surface area contributed by atoms with Gasteiger partial charge in [0.15, 0.2) is 0 Å². The zero-order valence-corrected chi connectivity index (χ0v) is 25.9. The van der Waals surface area contributed by atoms with Gasteiger partial charge in [0.1, 0.15) is 12.1 Å². The molecule has 1 saturated heterocycles. The van der Waals surface area contributed by atoms with Crippen LogP contribution in [0, 0.1) is 0 Å². The highest BCUT2D eigenvalue weighted by Crippen LogP contribution is 2.20. The number of nitrogens with zero attached hydrogens (tertiary/aromatic N) is 1. The number of carbonyl (C=O) groups is 4. The number of carboxylic acid groups (broad SMARTS) is 1. The van der Waals surface area contributed by atoms with Crippen LogP contribution in [-0.2, 0) is 30.3 Å². The molecule has 11 heteroatoms. The zero-order valence-electron chi connectivity index (χ0n) is 25.9. The number of hydrogen-bond acceptors (Lipinski definition) is 8. The molecule has 0 radical (unpaired) electrons. The molecule has 2 unspecified atom stereocenters. The first-order valence-corrected chi connectivity index (χ1v) is 15.6. The third-order valence-electron chi connectivity index (χ3n) is 7.53. The Hall–Kier alpha value is -3.44. The van der Waals surface area contributed by atoms with Crippen molar-refractivity contribution in [3.05, 3.63) is 48.2 Å². The molecule has 1 aliphatic heterocycles. The lowest BCUT2D eigenvalue weighted by molar-refractivity contribution is -0.150. The average molecular weight is 602 g/mol. The monoisotopic (exact) mass is 601 g/mol. The number of amides is 2. The lowest BCUT2D eigenvalue weighted by Crippen LogP contribution is -2.54. The molecular weight excluding hydrogens is 550 g/mol. The molecule has 3 atom stereocenters. The highest BCUT2D eigenvalue weighted by atomic mass is 16.5. The quantitative estimate of drug-likeness (QED) is 0.0998. The van der Waals surface area contributed by atoms with Crippen LogP contribution in [0.3, 0.4) is 0 Å². The summed E-state index contributed by atoms with van der Waals surface area (Å²) in [5.74, 6) is -1.69. The van der Waals surface area contributed by atoms with Gasteiger partial charge in [-0.25, -0.2) is 4.79 Å². The first-order chi connectivity index (χ1) is 20.8. The van der Waals surface area contributed by atoms with Crippen molar-refractivity contribution in [2.45, 2.75) is 89.3 Å². The molecule has 1 aromatic carbocycles. The van der Waals surface area contributed by atoms with Gasteiger partial charge in [0, 0.05) is 38.2 Å². The van der Waals surface area contributed by atoms with E-state index in [2.05, 4.69) is 27.8 Å². The van der Waals surface area contributed by atoms with Gasteiger partial charge in [0.25, 0.3) is 0 Å². The Bertz CT molecular complexity index is 1020. The third-order valence-corrected chi connectivity index (χ3v) is 7.53. The van der Waals surface area contributed by atoms with Crippen LogP contribution in [0.25, 0.3) is 0 Å². The van der Waals surface area contributed by atoms with Gasteiger partial charge in [0.2, 0.25) is 11.8 Å². The van der Waals surface area contributed by atoms with Gasteiger partial charge in [-0.2, -0.15) is 0 Å². The second-order valence-corrected chi connectivity index (χ2v) is 10.9. The molecular formula is C32H51N5O6. The van der Waals surface area contributed by atoms with E-state index in [1.54, 1.807) is 6.92 Å². The first-order valence-electron chi connectivity index (χ1n) is 15.6. The number of nitrogens with one attached hydrogen (secondary N) is 4. The fourth-order valence-corrected chi connectivity index (χ4v) is 5.17. The maximum Gasteiger partial charge on any atom is 0.326 e. The number of rotatable bonds is 22. The van der Waals surface area contributed by atoms with Gasteiger partial charge in [-0.1, -0.05) is 36.9 Å². The average Bonchev–Trinajstić information content (AvgIpc) is 3.49. The minimum atomic E-state index is -1.01. The van der Waals surface area contributed by atoms with E-state index >= 15 is 0 Å². The van der Waals surface area contributed by atoms with Crippen molar-refractivity contribution in [1.29, 1.82) is 0 Å². The lowest BCUT2D eigenvalue weighted by Gasteiger charge is -2.30. The molecule has 11 nitrogen and oxygen atoms in total. The van der Waals surface area contributed by atoms with Crippen LogP contribution in [0.2, 0.25) is 0 Å². The predicted octanol–water partition coefficient (Wildman–Crippen LogP) is 2.36. The summed E-state index contributed by atoms with van der Waals surface area (Å²) >= 11 is 0. The van der Waals surface area contributed by atoms with E-state index in [0.29, 0.717) is 71.0 Å². The fraction of sp³-hybridized carbons (Fsp3) is 0.625. The minimum Gasteiger partial charge on any atom is -0.480 e. The molecule has 1 aromatic rings. The Morgan fingerprint density at radius 3 is 2.47 bits per heavy atom. The molecule has 0 spiro atoms. The highest BCUT2D eigenvalue weighted by molar-refractivity contribution is 5.88. The number of likely N-dealkylation sites (tertiary alicyclic amines) is 1. The second kappa shape index (κ2) is 20.5. The maximum atomic E-state index is 13.7. The van der Waals surface area contributed by atoms with E-state index in [1.165, 1.54) is 4.90 Å².